The first-order chi connectivity index (χ1) is 7.83. The van der Waals surface area contributed by atoms with Crippen molar-refractivity contribution in [3.63, 3.8) is 0 Å². The van der Waals surface area contributed by atoms with Gasteiger partial charge in [-0.1, -0.05) is 25.3 Å². The molecule has 0 radical (unpaired) electrons. The van der Waals surface area contributed by atoms with E-state index in [4.69, 9.17) is 4.74 Å². The van der Waals surface area contributed by atoms with Gasteiger partial charge in [0.15, 0.2) is 0 Å². The first-order valence-corrected chi connectivity index (χ1v) is 6.27. The van der Waals surface area contributed by atoms with Crippen LogP contribution in [0, 0.1) is 0 Å². The Morgan fingerprint density at radius 2 is 2.00 bits per heavy atom. The minimum absolute atomic E-state index is 0.342. The van der Waals surface area contributed by atoms with Crippen molar-refractivity contribution < 1.29 is 4.74 Å². The summed E-state index contributed by atoms with van der Waals surface area (Å²) in [5.41, 5.74) is 3.02. The number of nitrogens with one attached hydrogen (secondary N) is 1. The largest absolute Gasteiger partial charge is 0.496 e. The van der Waals surface area contributed by atoms with Crippen molar-refractivity contribution in [2.75, 3.05) is 12.4 Å². The van der Waals surface area contributed by atoms with Gasteiger partial charge in [-0.25, -0.2) is 0 Å². The zero-order chi connectivity index (χ0) is 11.0. The van der Waals surface area contributed by atoms with Gasteiger partial charge in [0, 0.05) is 23.2 Å². The molecule has 0 saturated heterocycles. The fourth-order valence-corrected chi connectivity index (χ4v) is 3.25. The molecule has 1 fully saturated rings. The van der Waals surface area contributed by atoms with Gasteiger partial charge in [0.05, 0.1) is 7.11 Å². The molecule has 86 valence electrons. The Hall–Kier alpha value is -1.18. The van der Waals surface area contributed by atoms with Gasteiger partial charge in [0.25, 0.3) is 0 Å². The van der Waals surface area contributed by atoms with Gasteiger partial charge in [-0.3, -0.25) is 0 Å². The van der Waals surface area contributed by atoms with Crippen molar-refractivity contribution in [1.29, 1.82) is 0 Å². The summed E-state index contributed by atoms with van der Waals surface area (Å²) in [7, 11) is 1.77. The quantitative estimate of drug-likeness (QED) is 0.778. The van der Waals surface area contributed by atoms with Crippen LogP contribution in [0.5, 0.6) is 5.75 Å². The number of hydrogen-bond acceptors (Lipinski definition) is 2. The van der Waals surface area contributed by atoms with Crippen molar-refractivity contribution in [1.82, 2.24) is 0 Å². The summed E-state index contributed by atoms with van der Waals surface area (Å²) in [6, 6.07) is 6.33. The Morgan fingerprint density at radius 1 is 1.19 bits per heavy atom. The van der Waals surface area contributed by atoms with Crippen LogP contribution >= 0.6 is 0 Å². The maximum absolute atomic E-state index is 5.45. The highest BCUT2D eigenvalue weighted by molar-refractivity contribution is 5.64. The molecule has 0 unspecified atom stereocenters. The lowest BCUT2D eigenvalue weighted by atomic mass is 9.80. The fraction of sp³-hybridized carbons (Fsp3) is 0.571. The minimum Gasteiger partial charge on any atom is -0.496 e. The predicted octanol–water partition coefficient (Wildman–Crippen LogP) is 3.37. The van der Waals surface area contributed by atoms with Crippen molar-refractivity contribution in [2.45, 2.75) is 44.1 Å². The van der Waals surface area contributed by atoms with Crippen LogP contribution in [0.15, 0.2) is 18.2 Å². The van der Waals surface area contributed by atoms with Gasteiger partial charge in [-0.2, -0.15) is 0 Å². The van der Waals surface area contributed by atoms with Gasteiger partial charge in [0.2, 0.25) is 0 Å². The molecule has 2 nitrogen and oxygen atoms in total. The predicted molar refractivity (Wildman–Crippen MR) is 66.1 cm³/mol. The molecule has 0 aromatic heterocycles. The molecule has 1 N–H and O–H groups in total. The van der Waals surface area contributed by atoms with E-state index >= 15 is 0 Å². The van der Waals surface area contributed by atoms with Crippen LogP contribution in [0.3, 0.4) is 0 Å². The maximum atomic E-state index is 5.45. The topological polar surface area (TPSA) is 21.3 Å². The number of fused-ring (bicyclic) bond motifs is 1. The average Bonchev–Trinajstić information content (AvgIpc) is 2.67. The third kappa shape index (κ3) is 1.48. The Labute approximate surface area is 97.0 Å². The average molecular weight is 217 g/mol. The van der Waals surface area contributed by atoms with Gasteiger partial charge in [-0.15, -0.1) is 0 Å². The number of benzene rings is 1. The second-order valence-corrected chi connectivity index (χ2v) is 5.13. The maximum Gasteiger partial charge on any atom is 0.124 e. The van der Waals surface area contributed by atoms with Crippen LogP contribution in [0.25, 0.3) is 0 Å². The second kappa shape index (κ2) is 3.69. The molecule has 2 heteroatoms. The monoisotopic (exact) mass is 217 g/mol. The number of anilines is 1. The lowest BCUT2D eigenvalue weighted by molar-refractivity contribution is 0.329. The molecule has 1 saturated carbocycles. The molecule has 0 bridgehead atoms. The molecule has 2 aliphatic rings. The highest BCUT2D eigenvalue weighted by atomic mass is 16.5. The van der Waals surface area contributed by atoms with E-state index < -0.39 is 0 Å². The molecule has 1 spiro atoms. The summed E-state index contributed by atoms with van der Waals surface area (Å²) in [4.78, 5) is 0. The molecule has 0 amide bonds. The van der Waals surface area contributed by atoms with Gasteiger partial charge in [0.1, 0.15) is 5.75 Å². The Balaban J connectivity index is 1.93. The van der Waals surface area contributed by atoms with Crippen LogP contribution in [-0.4, -0.2) is 12.6 Å². The lowest BCUT2D eigenvalue weighted by Crippen LogP contribution is -2.38. The Bertz CT molecular complexity index is 394. The molecule has 1 aliphatic heterocycles. The summed E-state index contributed by atoms with van der Waals surface area (Å²) in [6.07, 6.45) is 7.89. The third-order valence-electron chi connectivity index (χ3n) is 4.08. The summed E-state index contributed by atoms with van der Waals surface area (Å²) in [6.45, 7) is 0. The molecule has 3 rings (SSSR count). The van der Waals surface area contributed by atoms with E-state index in [2.05, 4.69) is 23.5 Å². The van der Waals surface area contributed by atoms with Crippen LogP contribution in [0.2, 0.25) is 0 Å². The molecular formula is C14H19NO. The van der Waals surface area contributed by atoms with Gasteiger partial charge < -0.3 is 10.1 Å². The number of rotatable bonds is 1. The SMILES string of the molecule is COc1cccc2c1CC1(CCCCC1)N2. The van der Waals surface area contributed by atoms with E-state index in [1.807, 2.05) is 0 Å². The summed E-state index contributed by atoms with van der Waals surface area (Å²) >= 11 is 0. The van der Waals surface area contributed by atoms with E-state index in [0.717, 1.165) is 12.2 Å². The Morgan fingerprint density at radius 3 is 2.75 bits per heavy atom. The van der Waals surface area contributed by atoms with Crippen LogP contribution in [0.1, 0.15) is 37.7 Å². The summed E-state index contributed by atoms with van der Waals surface area (Å²) in [5, 5.41) is 3.74. The van der Waals surface area contributed by atoms with Crippen LogP contribution in [-0.2, 0) is 6.42 Å². The third-order valence-corrected chi connectivity index (χ3v) is 4.08. The van der Waals surface area contributed by atoms with E-state index in [-0.39, 0.29) is 0 Å². The first kappa shape index (κ1) is 10.0. The normalized spacial score (nSPS) is 21.6. The van der Waals surface area contributed by atoms with Crippen molar-refractivity contribution in [3.8, 4) is 5.75 Å². The van der Waals surface area contributed by atoms with Crippen molar-refractivity contribution in [3.05, 3.63) is 23.8 Å². The molecule has 0 atom stereocenters. The van der Waals surface area contributed by atoms with Gasteiger partial charge >= 0.3 is 0 Å². The van der Waals surface area contributed by atoms with Crippen molar-refractivity contribution in [2.24, 2.45) is 0 Å². The molecule has 1 aromatic rings. The van der Waals surface area contributed by atoms with Crippen LogP contribution < -0.4 is 10.1 Å². The van der Waals surface area contributed by atoms with E-state index in [1.54, 1.807) is 7.11 Å². The smallest absolute Gasteiger partial charge is 0.124 e. The van der Waals surface area contributed by atoms with E-state index in [1.165, 1.54) is 43.4 Å². The summed E-state index contributed by atoms with van der Waals surface area (Å²) in [5.74, 6) is 1.05. The minimum atomic E-state index is 0.342. The molecular weight excluding hydrogens is 198 g/mol. The molecule has 16 heavy (non-hydrogen) atoms. The van der Waals surface area contributed by atoms with Crippen molar-refractivity contribution >= 4 is 5.69 Å². The highest BCUT2D eigenvalue weighted by Crippen LogP contribution is 2.44. The second-order valence-electron chi connectivity index (χ2n) is 5.13. The Kier molecular flexibility index (Phi) is 2.31. The highest BCUT2D eigenvalue weighted by Gasteiger charge is 2.38. The number of hydrogen-bond donors (Lipinski definition) is 1. The summed E-state index contributed by atoms with van der Waals surface area (Å²) < 4.78 is 5.45. The lowest BCUT2D eigenvalue weighted by Gasteiger charge is -2.34. The zero-order valence-electron chi connectivity index (χ0n) is 9.88. The standard InChI is InChI=1S/C14H19NO/c1-16-13-7-5-6-12-11(13)10-14(15-12)8-3-2-4-9-14/h5-7,15H,2-4,8-10H2,1H3. The number of methoxy groups -OCH3 is 1. The van der Waals surface area contributed by atoms with Crippen LogP contribution in [0.4, 0.5) is 5.69 Å². The zero-order valence-corrected chi connectivity index (χ0v) is 9.88. The molecule has 1 aromatic carbocycles. The number of ether oxygens (including phenoxy) is 1. The van der Waals surface area contributed by atoms with Gasteiger partial charge in [-0.05, 0) is 25.0 Å². The molecule has 1 aliphatic carbocycles. The van der Waals surface area contributed by atoms with E-state index in [9.17, 15) is 0 Å². The fourth-order valence-electron chi connectivity index (χ4n) is 3.25. The van der Waals surface area contributed by atoms with E-state index in [0.29, 0.717) is 5.54 Å². The molecule has 1 heterocycles. The first-order valence-electron chi connectivity index (χ1n) is 6.27.